The van der Waals surface area contributed by atoms with E-state index in [1.54, 1.807) is 5.57 Å². The molecule has 4 heteroatoms. The fourth-order valence-corrected chi connectivity index (χ4v) is 10.7. The summed E-state index contributed by atoms with van der Waals surface area (Å²) in [5.74, 6) is 2.63. The van der Waals surface area contributed by atoms with Crippen LogP contribution >= 0.6 is 0 Å². The Balaban J connectivity index is 1.40. The second-order valence-electron chi connectivity index (χ2n) is 14.8. The van der Waals surface area contributed by atoms with Crippen molar-refractivity contribution in [3.05, 3.63) is 24.3 Å². The van der Waals surface area contributed by atoms with Crippen molar-refractivity contribution in [2.45, 2.75) is 117 Å². The Morgan fingerprint density at radius 2 is 1.80 bits per heavy atom. The molecule has 198 valence electrons. The third-order valence-corrected chi connectivity index (χ3v) is 16.7. The fraction of sp³-hybridized carbons (Fsp3) is 0.871. The van der Waals surface area contributed by atoms with E-state index in [-0.39, 0.29) is 16.2 Å². The Hall–Kier alpha value is -0.423. The summed E-state index contributed by atoms with van der Waals surface area (Å²) >= 11 is 0. The second-order valence-corrected chi connectivity index (χ2v) is 19.6. The molecule has 0 radical (unpaired) electrons. The summed E-state index contributed by atoms with van der Waals surface area (Å²) in [4.78, 5) is 0. The summed E-state index contributed by atoms with van der Waals surface area (Å²) in [5, 5.41) is 0.273. The quantitative estimate of drug-likeness (QED) is 0.288. The lowest BCUT2D eigenvalue weighted by molar-refractivity contribution is -0.201. The first-order valence-electron chi connectivity index (χ1n) is 14.6. The van der Waals surface area contributed by atoms with Gasteiger partial charge in [0.1, 0.15) is 0 Å². The van der Waals surface area contributed by atoms with Crippen molar-refractivity contribution in [1.82, 2.24) is 0 Å². The van der Waals surface area contributed by atoms with Crippen LogP contribution in [0.2, 0.25) is 18.1 Å². The topological polar surface area (TPSA) is 27.7 Å². The van der Waals surface area contributed by atoms with Gasteiger partial charge in [-0.15, -0.1) is 6.58 Å². The van der Waals surface area contributed by atoms with Crippen LogP contribution < -0.4 is 0 Å². The highest BCUT2D eigenvalue weighted by atomic mass is 28.4. The van der Waals surface area contributed by atoms with Gasteiger partial charge in [-0.3, -0.25) is 0 Å². The van der Waals surface area contributed by atoms with E-state index < -0.39 is 8.32 Å². The van der Waals surface area contributed by atoms with Crippen LogP contribution in [0.25, 0.3) is 0 Å². The van der Waals surface area contributed by atoms with Crippen LogP contribution in [0.5, 0.6) is 0 Å². The molecule has 0 N–H and O–H groups in total. The first-order chi connectivity index (χ1) is 16.3. The molecule has 1 saturated heterocycles. The normalized spacial score (nSPS) is 43.8. The Morgan fingerprint density at radius 3 is 2.43 bits per heavy atom. The van der Waals surface area contributed by atoms with Crippen LogP contribution in [0.15, 0.2) is 24.3 Å². The van der Waals surface area contributed by atoms with Crippen molar-refractivity contribution in [3.8, 4) is 0 Å². The van der Waals surface area contributed by atoms with E-state index in [4.69, 9.17) is 13.9 Å². The Kier molecular flexibility index (Phi) is 6.40. The third kappa shape index (κ3) is 3.91. The highest BCUT2D eigenvalue weighted by molar-refractivity contribution is 6.74. The standard InChI is InChI=1S/C31H52O3Si/c1-10-21(2)27-30(7)16-14-25-24(26(30)20-31(27)32-17-18-33-31)12-11-22-19-23(13-15-29(22,25)6)34-35(8,9)28(3,4)5/h10-11,21,23-27H,1,12-20H2,2-9H3/t21-,23+,24-,25+,26+,27?,29+,30+/m1/s1. The summed E-state index contributed by atoms with van der Waals surface area (Å²) < 4.78 is 19.9. The van der Waals surface area contributed by atoms with Crippen molar-refractivity contribution < 1.29 is 13.9 Å². The molecule has 3 saturated carbocycles. The second kappa shape index (κ2) is 8.54. The molecule has 4 fully saturated rings. The van der Waals surface area contributed by atoms with E-state index >= 15 is 0 Å². The van der Waals surface area contributed by atoms with Crippen LogP contribution in [0.3, 0.4) is 0 Å². The molecule has 0 bridgehead atoms. The average Bonchev–Trinajstić information content (AvgIpc) is 3.34. The molecule has 0 aromatic carbocycles. The Morgan fingerprint density at radius 1 is 1.11 bits per heavy atom. The molecule has 0 aromatic heterocycles. The molecule has 4 aliphatic carbocycles. The Bertz CT molecular complexity index is 865. The van der Waals surface area contributed by atoms with Gasteiger partial charge in [0.15, 0.2) is 14.1 Å². The zero-order valence-corrected chi connectivity index (χ0v) is 24.9. The van der Waals surface area contributed by atoms with E-state index in [1.807, 2.05) is 0 Å². The zero-order valence-electron chi connectivity index (χ0n) is 23.9. The van der Waals surface area contributed by atoms with Gasteiger partial charge in [-0.25, -0.2) is 0 Å². The number of allylic oxidation sites excluding steroid dienone is 2. The van der Waals surface area contributed by atoms with Gasteiger partial charge in [0.25, 0.3) is 0 Å². The monoisotopic (exact) mass is 500 g/mol. The van der Waals surface area contributed by atoms with Crippen molar-refractivity contribution in [2.24, 2.45) is 40.4 Å². The SMILES string of the molecule is C=C[C@@H](C)C1C2(C[C@H]3[C@@H]4CC=C5C[C@@H](O[Si](C)(C)C(C)(C)C)CC[C@]5(C)[C@H]4CC[C@]13C)OCCO2. The summed E-state index contributed by atoms with van der Waals surface area (Å²) in [5.41, 5.74) is 2.32. The number of ether oxygens (including phenoxy) is 2. The molecule has 5 rings (SSSR count). The number of fused-ring (bicyclic) bond motifs is 5. The average molecular weight is 501 g/mol. The first-order valence-corrected chi connectivity index (χ1v) is 17.5. The number of hydrogen-bond donors (Lipinski definition) is 0. The fourth-order valence-electron chi connectivity index (χ4n) is 9.28. The van der Waals surface area contributed by atoms with Gasteiger partial charge < -0.3 is 13.9 Å². The predicted octanol–water partition coefficient (Wildman–Crippen LogP) is 8.13. The molecule has 1 unspecified atom stereocenters. The van der Waals surface area contributed by atoms with Crippen molar-refractivity contribution in [1.29, 1.82) is 0 Å². The minimum atomic E-state index is -1.74. The van der Waals surface area contributed by atoms with Crippen LogP contribution in [0, 0.1) is 40.4 Å². The molecule has 0 amide bonds. The molecule has 3 nitrogen and oxygen atoms in total. The van der Waals surface area contributed by atoms with Crippen LogP contribution in [-0.2, 0) is 13.9 Å². The molecule has 8 atom stereocenters. The molecule has 1 heterocycles. The van der Waals surface area contributed by atoms with Crippen LogP contribution in [0.1, 0.15) is 86.5 Å². The van der Waals surface area contributed by atoms with Crippen molar-refractivity contribution in [3.63, 3.8) is 0 Å². The molecule has 1 aliphatic heterocycles. The minimum Gasteiger partial charge on any atom is -0.414 e. The van der Waals surface area contributed by atoms with Crippen molar-refractivity contribution in [2.75, 3.05) is 13.2 Å². The van der Waals surface area contributed by atoms with Gasteiger partial charge >= 0.3 is 0 Å². The van der Waals surface area contributed by atoms with Gasteiger partial charge in [-0.1, -0.05) is 59.3 Å². The smallest absolute Gasteiger partial charge is 0.192 e. The molecule has 0 aromatic rings. The molecule has 5 aliphatic rings. The van der Waals surface area contributed by atoms with Crippen LogP contribution in [0.4, 0.5) is 0 Å². The third-order valence-electron chi connectivity index (χ3n) is 12.1. The lowest BCUT2D eigenvalue weighted by atomic mass is 9.47. The van der Waals surface area contributed by atoms with E-state index in [2.05, 4.69) is 73.4 Å². The maximum Gasteiger partial charge on any atom is 0.192 e. The van der Waals surface area contributed by atoms with Gasteiger partial charge in [-0.2, -0.15) is 0 Å². The number of rotatable bonds is 4. The van der Waals surface area contributed by atoms with E-state index in [0.717, 1.165) is 37.9 Å². The zero-order chi connectivity index (χ0) is 25.4. The van der Waals surface area contributed by atoms with Crippen molar-refractivity contribution >= 4 is 8.32 Å². The summed E-state index contributed by atoms with van der Waals surface area (Å²) in [6, 6.07) is 0. The molecular weight excluding hydrogens is 448 g/mol. The summed E-state index contributed by atoms with van der Waals surface area (Å²) in [6.07, 6.45) is 13.8. The Labute approximate surface area is 216 Å². The molecule has 35 heavy (non-hydrogen) atoms. The predicted molar refractivity (Wildman–Crippen MR) is 147 cm³/mol. The highest BCUT2D eigenvalue weighted by Crippen LogP contribution is 2.70. The lowest BCUT2D eigenvalue weighted by Gasteiger charge is -2.58. The maximum absolute atomic E-state index is 6.93. The van der Waals surface area contributed by atoms with Gasteiger partial charge in [-0.05, 0) is 91.2 Å². The molecule has 1 spiro atoms. The summed E-state index contributed by atoms with van der Waals surface area (Å²) in [6.45, 7) is 25.1. The highest BCUT2D eigenvalue weighted by Gasteiger charge is 2.68. The van der Waals surface area contributed by atoms with Gasteiger partial charge in [0.05, 0.1) is 13.2 Å². The lowest BCUT2D eigenvalue weighted by Crippen LogP contribution is -2.52. The van der Waals surface area contributed by atoms with E-state index in [0.29, 0.717) is 29.3 Å². The summed E-state index contributed by atoms with van der Waals surface area (Å²) in [7, 11) is -1.74. The van der Waals surface area contributed by atoms with Crippen LogP contribution in [-0.4, -0.2) is 33.4 Å². The largest absolute Gasteiger partial charge is 0.414 e. The van der Waals surface area contributed by atoms with Gasteiger partial charge in [0, 0.05) is 18.4 Å². The van der Waals surface area contributed by atoms with E-state index in [1.165, 1.54) is 32.1 Å². The van der Waals surface area contributed by atoms with Gasteiger partial charge in [0.2, 0.25) is 0 Å². The number of hydrogen-bond acceptors (Lipinski definition) is 3. The maximum atomic E-state index is 6.93. The molecular formula is C31H52O3Si. The first kappa shape index (κ1) is 26.2. The van der Waals surface area contributed by atoms with E-state index in [9.17, 15) is 0 Å². The minimum absolute atomic E-state index is 0.267.